The quantitative estimate of drug-likeness (QED) is 0.680. The predicted molar refractivity (Wildman–Crippen MR) is 110 cm³/mol. The number of hydrogen-bond acceptors (Lipinski definition) is 5. The van der Waals surface area contributed by atoms with E-state index in [1.54, 1.807) is 12.1 Å². The number of aromatic nitrogens is 2. The monoisotopic (exact) mass is 380 g/mol. The highest BCUT2D eigenvalue weighted by Crippen LogP contribution is 2.22. The standard InChI is InChI=1S/C21H24N4O3/c1-4-24(5-2)16-8-9-17(15(3)11-16)23-20(26)13-25-14-22-18(12-21(25)27)19-7-6-10-28-19/h6-12,14H,4-5,13H2,1-3H3,(H,23,26). The van der Waals surface area contributed by atoms with Crippen LogP contribution < -0.4 is 15.8 Å². The third-order valence-electron chi connectivity index (χ3n) is 4.58. The SMILES string of the molecule is CCN(CC)c1ccc(NC(=O)Cn2cnc(-c3ccco3)cc2=O)c(C)c1. The first-order valence-corrected chi connectivity index (χ1v) is 9.27. The normalized spacial score (nSPS) is 10.7. The number of carbonyl (C=O) groups is 1. The number of amides is 1. The van der Waals surface area contributed by atoms with E-state index in [0.717, 1.165) is 30.0 Å². The van der Waals surface area contributed by atoms with Gasteiger partial charge in [0.25, 0.3) is 5.56 Å². The lowest BCUT2D eigenvalue weighted by Crippen LogP contribution is -2.27. The van der Waals surface area contributed by atoms with Crippen LogP contribution in [0.25, 0.3) is 11.5 Å². The van der Waals surface area contributed by atoms with Gasteiger partial charge in [-0.25, -0.2) is 4.98 Å². The highest BCUT2D eigenvalue weighted by atomic mass is 16.3. The molecule has 0 radical (unpaired) electrons. The molecule has 7 nitrogen and oxygen atoms in total. The van der Waals surface area contributed by atoms with E-state index in [1.807, 2.05) is 19.1 Å². The first-order valence-electron chi connectivity index (χ1n) is 9.27. The fourth-order valence-corrected chi connectivity index (χ4v) is 3.02. The van der Waals surface area contributed by atoms with Gasteiger partial charge in [-0.3, -0.25) is 14.2 Å². The summed E-state index contributed by atoms with van der Waals surface area (Å²) in [6.07, 6.45) is 2.87. The first-order chi connectivity index (χ1) is 13.5. The smallest absolute Gasteiger partial charge is 0.254 e. The van der Waals surface area contributed by atoms with E-state index in [0.29, 0.717) is 11.5 Å². The lowest BCUT2D eigenvalue weighted by Gasteiger charge is -2.22. The third-order valence-corrected chi connectivity index (χ3v) is 4.58. The molecule has 0 bridgehead atoms. The van der Waals surface area contributed by atoms with Crippen LogP contribution in [0.5, 0.6) is 0 Å². The van der Waals surface area contributed by atoms with E-state index in [2.05, 4.69) is 35.1 Å². The van der Waals surface area contributed by atoms with Gasteiger partial charge in [0, 0.05) is 30.5 Å². The second kappa shape index (κ2) is 8.56. The van der Waals surface area contributed by atoms with Gasteiger partial charge >= 0.3 is 0 Å². The molecule has 7 heteroatoms. The molecule has 0 unspecified atom stereocenters. The zero-order valence-electron chi connectivity index (χ0n) is 16.3. The number of carbonyl (C=O) groups excluding carboxylic acids is 1. The fourth-order valence-electron chi connectivity index (χ4n) is 3.02. The van der Waals surface area contributed by atoms with Gasteiger partial charge in [-0.05, 0) is 56.7 Å². The van der Waals surface area contributed by atoms with E-state index in [9.17, 15) is 9.59 Å². The molecule has 146 valence electrons. The number of nitrogens with zero attached hydrogens (tertiary/aromatic N) is 3. The molecule has 0 saturated heterocycles. The second-order valence-electron chi connectivity index (χ2n) is 6.44. The molecule has 0 saturated carbocycles. The molecular formula is C21H24N4O3. The van der Waals surface area contributed by atoms with E-state index in [4.69, 9.17) is 4.42 Å². The summed E-state index contributed by atoms with van der Waals surface area (Å²) in [7, 11) is 0. The summed E-state index contributed by atoms with van der Waals surface area (Å²) < 4.78 is 6.50. The lowest BCUT2D eigenvalue weighted by atomic mass is 10.1. The van der Waals surface area contributed by atoms with Crippen LogP contribution in [0.3, 0.4) is 0 Å². The van der Waals surface area contributed by atoms with Crippen molar-refractivity contribution >= 4 is 17.3 Å². The first kappa shape index (κ1) is 19.4. The van der Waals surface area contributed by atoms with Gasteiger partial charge in [0.05, 0.1) is 12.6 Å². The van der Waals surface area contributed by atoms with Crippen LogP contribution in [0, 0.1) is 6.92 Å². The molecule has 1 N–H and O–H groups in total. The minimum Gasteiger partial charge on any atom is -0.463 e. The third kappa shape index (κ3) is 4.31. The molecule has 3 aromatic rings. The molecule has 0 spiro atoms. The zero-order chi connectivity index (χ0) is 20.1. The van der Waals surface area contributed by atoms with Crippen molar-refractivity contribution in [3.05, 3.63) is 64.9 Å². The van der Waals surface area contributed by atoms with Crippen molar-refractivity contribution < 1.29 is 9.21 Å². The minimum absolute atomic E-state index is 0.110. The van der Waals surface area contributed by atoms with Gasteiger partial charge in [0.2, 0.25) is 5.91 Å². The molecule has 0 fully saturated rings. The zero-order valence-corrected chi connectivity index (χ0v) is 16.3. The molecule has 2 heterocycles. The number of hydrogen-bond donors (Lipinski definition) is 1. The van der Waals surface area contributed by atoms with Crippen molar-refractivity contribution in [3.8, 4) is 11.5 Å². The van der Waals surface area contributed by atoms with E-state index >= 15 is 0 Å². The Morgan fingerprint density at radius 2 is 2.00 bits per heavy atom. The molecule has 3 rings (SSSR count). The van der Waals surface area contributed by atoms with Crippen molar-refractivity contribution in [2.75, 3.05) is 23.3 Å². The summed E-state index contributed by atoms with van der Waals surface area (Å²) in [5.41, 5.74) is 2.94. The van der Waals surface area contributed by atoms with Gasteiger partial charge < -0.3 is 14.6 Å². The molecule has 28 heavy (non-hydrogen) atoms. The number of anilines is 2. The Balaban J connectivity index is 1.70. The number of rotatable bonds is 7. The Hall–Kier alpha value is -3.35. The van der Waals surface area contributed by atoms with Gasteiger partial charge in [-0.1, -0.05) is 0 Å². The van der Waals surface area contributed by atoms with Crippen molar-refractivity contribution in [1.29, 1.82) is 0 Å². The Morgan fingerprint density at radius 1 is 1.21 bits per heavy atom. The van der Waals surface area contributed by atoms with Gasteiger partial charge in [-0.2, -0.15) is 0 Å². The minimum atomic E-state index is -0.315. The summed E-state index contributed by atoms with van der Waals surface area (Å²) in [5.74, 6) is 0.228. The molecule has 1 amide bonds. The fraction of sp³-hybridized carbons (Fsp3) is 0.286. The molecule has 0 aliphatic carbocycles. The molecule has 0 aliphatic heterocycles. The van der Waals surface area contributed by atoms with Gasteiger partial charge in [0.1, 0.15) is 12.2 Å². The summed E-state index contributed by atoms with van der Waals surface area (Å²) >= 11 is 0. The number of nitrogens with one attached hydrogen (secondary N) is 1. The molecule has 0 aliphatic rings. The lowest BCUT2D eigenvalue weighted by molar-refractivity contribution is -0.116. The van der Waals surface area contributed by atoms with Crippen LogP contribution in [0.2, 0.25) is 0 Å². The maximum Gasteiger partial charge on any atom is 0.254 e. The van der Waals surface area contributed by atoms with Crippen LogP contribution in [0.15, 0.2) is 58.2 Å². The Labute approximate surface area is 163 Å². The summed E-state index contributed by atoms with van der Waals surface area (Å²) in [6.45, 7) is 7.90. The van der Waals surface area contributed by atoms with E-state index in [1.165, 1.54) is 23.2 Å². The molecule has 1 aromatic carbocycles. The van der Waals surface area contributed by atoms with Gasteiger partial charge in [0.15, 0.2) is 5.76 Å². The topological polar surface area (TPSA) is 80.4 Å². The second-order valence-corrected chi connectivity index (χ2v) is 6.44. The molecule has 2 aromatic heterocycles. The van der Waals surface area contributed by atoms with E-state index < -0.39 is 0 Å². The number of furan rings is 1. The van der Waals surface area contributed by atoms with Gasteiger partial charge in [-0.15, -0.1) is 0 Å². The van der Waals surface area contributed by atoms with Crippen molar-refractivity contribution in [2.24, 2.45) is 0 Å². The highest BCUT2D eigenvalue weighted by Gasteiger charge is 2.11. The van der Waals surface area contributed by atoms with E-state index in [-0.39, 0.29) is 18.0 Å². The van der Waals surface area contributed by atoms with Crippen LogP contribution in [-0.4, -0.2) is 28.5 Å². The maximum absolute atomic E-state index is 12.4. The summed E-state index contributed by atoms with van der Waals surface area (Å²) in [6, 6.07) is 10.7. The number of benzene rings is 1. The van der Waals surface area contributed by atoms with Crippen molar-refractivity contribution in [2.45, 2.75) is 27.3 Å². The molecular weight excluding hydrogens is 356 g/mol. The Bertz CT molecular complexity index is 1000. The van der Waals surface area contributed by atoms with Crippen molar-refractivity contribution in [1.82, 2.24) is 9.55 Å². The highest BCUT2D eigenvalue weighted by molar-refractivity contribution is 5.91. The van der Waals surface area contributed by atoms with Crippen LogP contribution in [-0.2, 0) is 11.3 Å². The Morgan fingerprint density at radius 3 is 2.61 bits per heavy atom. The van der Waals surface area contributed by atoms with Crippen LogP contribution in [0.1, 0.15) is 19.4 Å². The number of aryl methyl sites for hydroxylation is 1. The largest absolute Gasteiger partial charge is 0.463 e. The summed E-state index contributed by atoms with van der Waals surface area (Å²) in [5, 5.41) is 2.87. The summed E-state index contributed by atoms with van der Waals surface area (Å²) in [4.78, 5) is 31.1. The van der Waals surface area contributed by atoms with Crippen LogP contribution in [0.4, 0.5) is 11.4 Å². The van der Waals surface area contributed by atoms with Crippen molar-refractivity contribution in [3.63, 3.8) is 0 Å². The predicted octanol–water partition coefficient (Wildman–Crippen LogP) is 3.30. The molecule has 0 atom stereocenters. The average Bonchev–Trinajstić information content (AvgIpc) is 3.21. The average molecular weight is 380 g/mol. The Kier molecular flexibility index (Phi) is 5.93. The maximum atomic E-state index is 12.4. The van der Waals surface area contributed by atoms with Crippen LogP contribution >= 0.6 is 0 Å².